The zero-order valence-corrected chi connectivity index (χ0v) is 10.0. The molecule has 0 heterocycles. The minimum Gasteiger partial charge on any atom is -0.0979 e. The number of fused-ring (bicyclic) bond motifs is 1. The predicted molar refractivity (Wildman–Crippen MR) is 65.0 cm³/mol. The molecule has 0 saturated heterocycles. The molecule has 1 aromatic rings. The van der Waals surface area contributed by atoms with Gasteiger partial charge < -0.3 is 0 Å². The quantitative estimate of drug-likeness (QED) is 0.558. The van der Waals surface area contributed by atoms with Gasteiger partial charge in [-0.15, -0.1) is 0 Å². The van der Waals surface area contributed by atoms with Crippen molar-refractivity contribution in [1.82, 2.24) is 0 Å². The lowest BCUT2D eigenvalue weighted by molar-refractivity contribution is 0.589. The average Bonchev–Trinajstić information content (AvgIpc) is 2.16. The third-order valence-electron chi connectivity index (χ3n) is 3.07. The summed E-state index contributed by atoms with van der Waals surface area (Å²) in [6.07, 6.45) is 0.920. The molecule has 0 spiro atoms. The van der Waals surface area contributed by atoms with Crippen LogP contribution < -0.4 is 0 Å². The summed E-state index contributed by atoms with van der Waals surface area (Å²) >= 11 is 0. The molecule has 1 aromatic carbocycles. The van der Waals surface area contributed by atoms with Gasteiger partial charge in [0.05, 0.1) is 0 Å². The smallest absolute Gasteiger partial charge is 0.0427 e. The van der Waals surface area contributed by atoms with Gasteiger partial charge in [0, 0.05) is 12.3 Å². The Kier molecular flexibility index (Phi) is 2.35. The van der Waals surface area contributed by atoms with Crippen molar-refractivity contribution in [3.05, 3.63) is 34.9 Å². The van der Waals surface area contributed by atoms with E-state index in [-0.39, 0.29) is 5.41 Å². The minimum absolute atomic E-state index is 0.239. The molecule has 0 fully saturated rings. The summed E-state index contributed by atoms with van der Waals surface area (Å²) in [6, 6.07) is 6.84. The van der Waals surface area contributed by atoms with Crippen molar-refractivity contribution < 1.29 is 0 Å². The molecule has 1 aliphatic carbocycles. The van der Waals surface area contributed by atoms with Gasteiger partial charge in [0.25, 0.3) is 0 Å². The van der Waals surface area contributed by atoms with Gasteiger partial charge in [0.15, 0.2) is 0 Å². The normalized spacial score (nSPS) is 19.1. The first-order chi connectivity index (χ1) is 6.98. The SMILES string of the molecule is CC1C#CCc2cc(C(C)(C)C)ccc21. The zero-order valence-electron chi connectivity index (χ0n) is 10.0. The van der Waals surface area contributed by atoms with Gasteiger partial charge in [-0.05, 0) is 29.0 Å². The first kappa shape index (κ1) is 10.3. The van der Waals surface area contributed by atoms with E-state index in [1.54, 1.807) is 0 Å². The molecule has 1 aliphatic rings. The largest absolute Gasteiger partial charge is 0.0979 e. The van der Waals surface area contributed by atoms with Gasteiger partial charge in [-0.25, -0.2) is 0 Å². The van der Waals surface area contributed by atoms with Crippen LogP contribution >= 0.6 is 0 Å². The molecule has 0 amide bonds. The van der Waals surface area contributed by atoms with E-state index in [9.17, 15) is 0 Å². The Labute approximate surface area is 92.7 Å². The molecule has 0 heteroatoms. The van der Waals surface area contributed by atoms with Crippen LogP contribution in [0.25, 0.3) is 0 Å². The standard InChI is InChI=1S/C15H18/c1-11-6-5-7-12-10-13(15(2,3)4)8-9-14(11)12/h8-11H,7H2,1-4H3. The molecular formula is C15H18. The molecule has 0 nitrogen and oxygen atoms in total. The van der Waals surface area contributed by atoms with Gasteiger partial charge in [-0.3, -0.25) is 0 Å². The highest BCUT2D eigenvalue weighted by molar-refractivity contribution is 5.44. The van der Waals surface area contributed by atoms with Crippen LogP contribution in [0.4, 0.5) is 0 Å². The highest BCUT2D eigenvalue weighted by Crippen LogP contribution is 2.29. The van der Waals surface area contributed by atoms with Crippen LogP contribution in [0.2, 0.25) is 0 Å². The van der Waals surface area contributed by atoms with E-state index in [0.717, 1.165) is 6.42 Å². The molecule has 15 heavy (non-hydrogen) atoms. The van der Waals surface area contributed by atoms with E-state index in [0.29, 0.717) is 5.92 Å². The second kappa shape index (κ2) is 3.42. The number of rotatable bonds is 0. The third-order valence-corrected chi connectivity index (χ3v) is 3.07. The third kappa shape index (κ3) is 1.92. The lowest BCUT2D eigenvalue weighted by atomic mass is 9.82. The molecule has 0 radical (unpaired) electrons. The van der Waals surface area contributed by atoms with Crippen LogP contribution in [0, 0.1) is 11.8 Å². The summed E-state index contributed by atoms with van der Waals surface area (Å²) in [7, 11) is 0. The highest BCUT2D eigenvalue weighted by Gasteiger charge is 2.17. The Bertz CT molecular complexity index is 435. The van der Waals surface area contributed by atoms with Gasteiger partial charge in [0.2, 0.25) is 0 Å². The maximum absolute atomic E-state index is 3.25. The molecule has 0 saturated carbocycles. The van der Waals surface area contributed by atoms with Crippen LogP contribution in [0.3, 0.4) is 0 Å². The van der Waals surface area contributed by atoms with E-state index in [1.807, 2.05) is 0 Å². The molecule has 1 atom stereocenters. The fourth-order valence-electron chi connectivity index (χ4n) is 2.02. The van der Waals surface area contributed by atoms with Crippen LogP contribution in [0.5, 0.6) is 0 Å². The Balaban J connectivity index is 2.47. The Hall–Kier alpha value is -1.22. The molecule has 0 N–H and O–H groups in total. The first-order valence-corrected chi connectivity index (χ1v) is 5.60. The topological polar surface area (TPSA) is 0 Å². The number of hydrogen-bond acceptors (Lipinski definition) is 0. The van der Waals surface area contributed by atoms with Crippen molar-refractivity contribution in [2.75, 3.05) is 0 Å². The maximum atomic E-state index is 3.25. The zero-order chi connectivity index (χ0) is 11.1. The fraction of sp³-hybridized carbons (Fsp3) is 0.467. The summed E-state index contributed by atoms with van der Waals surface area (Å²) in [6.45, 7) is 8.95. The summed E-state index contributed by atoms with van der Waals surface area (Å²) in [5, 5.41) is 0. The minimum atomic E-state index is 0.239. The van der Waals surface area contributed by atoms with Crippen molar-refractivity contribution >= 4 is 0 Å². The number of hydrogen-bond donors (Lipinski definition) is 0. The lowest BCUT2D eigenvalue weighted by Gasteiger charge is -2.22. The maximum Gasteiger partial charge on any atom is 0.0427 e. The molecule has 0 aliphatic heterocycles. The highest BCUT2D eigenvalue weighted by atomic mass is 14.2. The van der Waals surface area contributed by atoms with Gasteiger partial charge in [-0.1, -0.05) is 50.8 Å². The Morgan fingerprint density at radius 2 is 2.00 bits per heavy atom. The van der Waals surface area contributed by atoms with E-state index >= 15 is 0 Å². The van der Waals surface area contributed by atoms with E-state index in [4.69, 9.17) is 0 Å². The Morgan fingerprint density at radius 3 is 2.67 bits per heavy atom. The van der Waals surface area contributed by atoms with E-state index < -0.39 is 0 Å². The summed E-state index contributed by atoms with van der Waals surface area (Å²) in [5.74, 6) is 6.87. The molecule has 2 rings (SSSR count). The molecule has 1 unspecified atom stereocenters. The van der Waals surface area contributed by atoms with Crippen LogP contribution in [0.15, 0.2) is 18.2 Å². The summed E-state index contributed by atoms with van der Waals surface area (Å²) in [4.78, 5) is 0. The van der Waals surface area contributed by atoms with Crippen LogP contribution in [-0.2, 0) is 11.8 Å². The van der Waals surface area contributed by atoms with Crippen molar-refractivity contribution in [2.24, 2.45) is 0 Å². The summed E-state index contributed by atoms with van der Waals surface area (Å²) in [5.41, 5.74) is 4.50. The molecule has 0 bridgehead atoms. The van der Waals surface area contributed by atoms with Crippen molar-refractivity contribution in [2.45, 2.75) is 45.4 Å². The molecule has 78 valence electrons. The van der Waals surface area contributed by atoms with E-state index in [2.05, 4.69) is 57.7 Å². The molecular weight excluding hydrogens is 180 g/mol. The second-order valence-corrected chi connectivity index (χ2v) is 5.38. The summed E-state index contributed by atoms with van der Waals surface area (Å²) < 4.78 is 0. The van der Waals surface area contributed by atoms with Crippen molar-refractivity contribution in [3.63, 3.8) is 0 Å². The number of benzene rings is 1. The lowest BCUT2D eigenvalue weighted by Crippen LogP contribution is -2.13. The van der Waals surface area contributed by atoms with Crippen molar-refractivity contribution in [1.29, 1.82) is 0 Å². The Morgan fingerprint density at radius 1 is 1.27 bits per heavy atom. The monoisotopic (exact) mass is 198 g/mol. The van der Waals surface area contributed by atoms with Crippen molar-refractivity contribution in [3.8, 4) is 11.8 Å². The first-order valence-electron chi connectivity index (χ1n) is 5.60. The average molecular weight is 198 g/mol. The van der Waals surface area contributed by atoms with Gasteiger partial charge >= 0.3 is 0 Å². The predicted octanol–water partition coefficient (Wildman–Crippen LogP) is 3.65. The molecule has 0 aromatic heterocycles. The second-order valence-electron chi connectivity index (χ2n) is 5.38. The van der Waals surface area contributed by atoms with Gasteiger partial charge in [-0.2, -0.15) is 0 Å². The van der Waals surface area contributed by atoms with Crippen LogP contribution in [-0.4, -0.2) is 0 Å². The van der Waals surface area contributed by atoms with Crippen LogP contribution in [0.1, 0.15) is 50.3 Å². The van der Waals surface area contributed by atoms with Gasteiger partial charge in [0.1, 0.15) is 0 Å². The fourth-order valence-corrected chi connectivity index (χ4v) is 2.02. The van der Waals surface area contributed by atoms with E-state index in [1.165, 1.54) is 16.7 Å².